The molecular weight excluding hydrogens is 368 g/mol. The van der Waals surface area contributed by atoms with E-state index in [0.29, 0.717) is 12.8 Å². The maximum absolute atomic E-state index is 11.3. The summed E-state index contributed by atoms with van der Waals surface area (Å²) in [7, 11) is -1.21. The van der Waals surface area contributed by atoms with E-state index < -0.39 is 9.84 Å². The van der Waals surface area contributed by atoms with E-state index in [0.717, 1.165) is 41.9 Å². The molecule has 0 bridgehead atoms. The van der Waals surface area contributed by atoms with Crippen LogP contribution in [0.3, 0.4) is 0 Å². The molecule has 2 rings (SSSR count). The van der Waals surface area contributed by atoms with Gasteiger partial charge in [-0.05, 0) is 43.4 Å². The van der Waals surface area contributed by atoms with Crippen LogP contribution in [0.1, 0.15) is 44.1 Å². The van der Waals surface area contributed by atoms with Crippen molar-refractivity contribution in [1.82, 2.24) is 5.32 Å². The molecule has 0 heterocycles. The summed E-state index contributed by atoms with van der Waals surface area (Å²) in [5, 5.41) is 3.39. The molecule has 0 aliphatic heterocycles. The Balaban J connectivity index is 1.88. The van der Waals surface area contributed by atoms with Crippen molar-refractivity contribution in [3.63, 3.8) is 0 Å². The summed E-state index contributed by atoms with van der Waals surface area (Å²) in [5.41, 5.74) is 7.62. The molecule has 26 heavy (non-hydrogen) atoms. The Morgan fingerprint density at radius 3 is 2.46 bits per heavy atom. The van der Waals surface area contributed by atoms with Crippen molar-refractivity contribution in [3.8, 4) is 0 Å². The molecule has 1 aromatic carbocycles. The zero-order chi connectivity index (χ0) is 19.2. The smallest absolute Gasteiger partial charge is 0.147 e. The van der Waals surface area contributed by atoms with E-state index >= 15 is 0 Å². The number of methoxy groups -OCH3 is 1. The van der Waals surface area contributed by atoms with Crippen molar-refractivity contribution in [2.45, 2.75) is 51.2 Å². The standard InChI is InChI=1S/C19H30N2O3S2/c1-24-17(14-15-6-8-16(20)9-7-15)21-18(25)19(11-5-12-19)10-3-4-13-26(2,22)23/h6-9,17H,3-5,10-14,20H2,1-2H3,(H,21,25). The molecule has 146 valence electrons. The van der Waals surface area contributed by atoms with Crippen LogP contribution in [0, 0.1) is 5.41 Å². The van der Waals surface area contributed by atoms with Gasteiger partial charge < -0.3 is 15.8 Å². The summed E-state index contributed by atoms with van der Waals surface area (Å²) in [6.45, 7) is 0. The van der Waals surface area contributed by atoms with Crippen LogP contribution in [-0.4, -0.2) is 38.8 Å². The van der Waals surface area contributed by atoms with Gasteiger partial charge in [-0.2, -0.15) is 0 Å². The van der Waals surface area contributed by atoms with Gasteiger partial charge >= 0.3 is 0 Å². The number of thiocarbonyl (C=S) groups is 1. The highest BCUT2D eigenvalue weighted by Gasteiger charge is 2.41. The molecule has 0 saturated heterocycles. The maximum atomic E-state index is 11.3. The molecule has 3 N–H and O–H groups in total. The van der Waals surface area contributed by atoms with Gasteiger partial charge in [-0.1, -0.05) is 37.2 Å². The Kier molecular flexibility index (Phi) is 7.43. The predicted molar refractivity (Wildman–Crippen MR) is 111 cm³/mol. The highest BCUT2D eigenvalue weighted by molar-refractivity contribution is 7.90. The van der Waals surface area contributed by atoms with E-state index in [1.54, 1.807) is 7.11 Å². The molecule has 0 amide bonds. The minimum absolute atomic E-state index is 0.00470. The van der Waals surface area contributed by atoms with Gasteiger partial charge in [0.25, 0.3) is 0 Å². The van der Waals surface area contributed by atoms with Crippen LogP contribution in [0.4, 0.5) is 5.69 Å². The zero-order valence-corrected chi connectivity index (χ0v) is 17.3. The number of anilines is 1. The number of benzene rings is 1. The molecule has 1 saturated carbocycles. The first-order chi connectivity index (χ1) is 12.2. The van der Waals surface area contributed by atoms with Gasteiger partial charge in [-0.15, -0.1) is 0 Å². The molecule has 1 fully saturated rings. The first-order valence-electron chi connectivity index (χ1n) is 9.10. The SMILES string of the molecule is COC(Cc1ccc(N)cc1)NC(=S)C1(CCCCS(C)(=O)=O)CCC1. The van der Waals surface area contributed by atoms with Crippen molar-refractivity contribution in [2.24, 2.45) is 5.41 Å². The third-order valence-corrected chi connectivity index (χ3v) is 6.77. The number of hydrogen-bond donors (Lipinski definition) is 2. The molecule has 0 aromatic heterocycles. The molecule has 0 radical (unpaired) electrons. The second-order valence-electron chi connectivity index (χ2n) is 7.36. The number of sulfone groups is 1. The molecular formula is C19H30N2O3S2. The van der Waals surface area contributed by atoms with E-state index in [9.17, 15) is 8.42 Å². The molecule has 0 spiro atoms. The lowest BCUT2D eigenvalue weighted by molar-refractivity contribution is 0.0850. The summed E-state index contributed by atoms with van der Waals surface area (Å²) in [4.78, 5) is 0.852. The number of rotatable bonds is 10. The van der Waals surface area contributed by atoms with Crippen LogP contribution in [0.5, 0.6) is 0 Å². The largest absolute Gasteiger partial charge is 0.399 e. The quantitative estimate of drug-likeness (QED) is 0.273. The fourth-order valence-electron chi connectivity index (χ4n) is 3.38. The number of hydrogen-bond acceptors (Lipinski definition) is 5. The second-order valence-corrected chi connectivity index (χ2v) is 10.0. The third-order valence-electron chi connectivity index (χ3n) is 5.19. The summed E-state index contributed by atoms with van der Waals surface area (Å²) in [6.07, 6.45) is 7.63. The predicted octanol–water partition coefficient (Wildman–Crippen LogP) is 3.09. The zero-order valence-electron chi connectivity index (χ0n) is 15.7. The van der Waals surface area contributed by atoms with Gasteiger partial charge in [0.05, 0.1) is 4.99 Å². The van der Waals surface area contributed by atoms with E-state index in [4.69, 9.17) is 22.7 Å². The Bertz CT molecular complexity index is 698. The number of nitrogens with two attached hydrogens (primary N) is 1. The molecule has 7 heteroatoms. The topological polar surface area (TPSA) is 81.4 Å². The molecule has 1 unspecified atom stereocenters. The Morgan fingerprint density at radius 2 is 1.96 bits per heavy atom. The van der Waals surface area contributed by atoms with Crippen molar-refractivity contribution >= 4 is 32.7 Å². The molecule has 5 nitrogen and oxygen atoms in total. The minimum atomic E-state index is -2.89. The van der Waals surface area contributed by atoms with Crippen LogP contribution in [0.15, 0.2) is 24.3 Å². The second kappa shape index (κ2) is 9.15. The van der Waals surface area contributed by atoms with Gasteiger partial charge in [-0.25, -0.2) is 8.42 Å². The molecule has 1 aliphatic rings. The van der Waals surface area contributed by atoms with Gasteiger partial charge in [0, 0.05) is 36.6 Å². The highest BCUT2D eigenvalue weighted by Crippen LogP contribution is 2.46. The van der Waals surface area contributed by atoms with Crippen LogP contribution >= 0.6 is 12.2 Å². The lowest BCUT2D eigenvalue weighted by atomic mass is 9.65. The highest BCUT2D eigenvalue weighted by atomic mass is 32.2. The fraction of sp³-hybridized carbons (Fsp3) is 0.632. The van der Waals surface area contributed by atoms with E-state index in [2.05, 4.69) is 5.32 Å². The monoisotopic (exact) mass is 398 g/mol. The fourth-order valence-corrected chi connectivity index (χ4v) is 4.55. The van der Waals surface area contributed by atoms with Gasteiger partial charge in [-0.3, -0.25) is 0 Å². The first-order valence-corrected chi connectivity index (χ1v) is 11.6. The normalized spacial score (nSPS) is 17.3. The number of nitrogens with one attached hydrogen (secondary N) is 1. The van der Waals surface area contributed by atoms with Crippen LogP contribution in [0.2, 0.25) is 0 Å². The van der Waals surface area contributed by atoms with Crippen LogP contribution < -0.4 is 11.1 Å². The van der Waals surface area contributed by atoms with Crippen molar-refractivity contribution in [2.75, 3.05) is 24.9 Å². The molecule has 1 atom stereocenters. The number of unbranched alkanes of at least 4 members (excludes halogenated alkanes) is 1. The van der Waals surface area contributed by atoms with Crippen molar-refractivity contribution in [1.29, 1.82) is 0 Å². The van der Waals surface area contributed by atoms with E-state index in [-0.39, 0.29) is 17.4 Å². The summed E-state index contributed by atoms with van der Waals surface area (Å²) in [5.74, 6) is 0.251. The maximum Gasteiger partial charge on any atom is 0.147 e. The van der Waals surface area contributed by atoms with E-state index in [1.165, 1.54) is 12.7 Å². The van der Waals surface area contributed by atoms with Crippen LogP contribution in [-0.2, 0) is 21.0 Å². The van der Waals surface area contributed by atoms with Gasteiger partial charge in [0.2, 0.25) is 0 Å². The summed E-state index contributed by atoms with van der Waals surface area (Å²) >= 11 is 5.71. The Morgan fingerprint density at radius 1 is 1.31 bits per heavy atom. The van der Waals surface area contributed by atoms with Crippen LogP contribution in [0.25, 0.3) is 0 Å². The average Bonchev–Trinajstić information content (AvgIpc) is 2.53. The van der Waals surface area contributed by atoms with Gasteiger partial charge in [0.15, 0.2) is 0 Å². The summed E-state index contributed by atoms with van der Waals surface area (Å²) in [6, 6.07) is 7.76. The Labute approximate surface area is 162 Å². The first kappa shape index (κ1) is 21.1. The number of ether oxygens (including phenoxy) is 1. The average molecular weight is 399 g/mol. The molecule has 1 aromatic rings. The van der Waals surface area contributed by atoms with Crippen molar-refractivity contribution < 1.29 is 13.2 Å². The molecule has 1 aliphatic carbocycles. The lowest BCUT2D eigenvalue weighted by Gasteiger charge is -2.43. The van der Waals surface area contributed by atoms with Crippen molar-refractivity contribution in [3.05, 3.63) is 29.8 Å². The lowest BCUT2D eigenvalue weighted by Crippen LogP contribution is -2.49. The van der Waals surface area contributed by atoms with Gasteiger partial charge in [0.1, 0.15) is 16.1 Å². The number of nitrogen functional groups attached to an aromatic ring is 1. The third kappa shape index (κ3) is 6.21. The minimum Gasteiger partial charge on any atom is -0.399 e. The Hall–Kier alpha value is -1.18. The van der Waals surface area contributed by atoms with E-state index in [1.807, 2.05) is 24.3 Å². The summed E-state index contributed by atoms with van der Waals surface area (Å²) < 4.78 is 28.2.